The zero-order valence-electron chi connectivity index (χ0n) is 18.4. The minimum Gasteiger partial charge on any atom is -0.384 e. The molecule has 0 aliphatic carbocycles. The van der Waals surface area contributed by atoms with Gasteiger partial charge in [0.15, 0.2) is 0 Å². The van der Waals surface area contributed by atoms with E-state index in [4.69, 9.17) is 15.9 Å². The van der Waals surface area contributed by atoms with Crippen molar-refractivity contribution in [1.29, 1.82) is 5.41 Å². The highest BCUT2D eigenvalue weighted by atomic mass is 35.5. The van der Waals surface area contributed by atoms with Crippen LogP contribution in [0, 0.1) is 5.41 Å². The number of amides is 2. The third-order valence-electron chi connectivity index (χ3n) is 4.61. The van der Waals surface area contributed by atoms with Gasteiger partial charge in [-0.3, -0.25) is 15.0 Å². The number of nitrogen functional groups attached to an aromatic ring is 1. The molecule has 0 fully saturated rings. The van der Waals surface area contributed by atoms with Gasteiger partial charge in [-0.1, -0.05) is 36.4 Å². The van der Waals surface area contributed by atoms with Gasteiger partial charge >= 0.3 is 0 Å². The van der Waals surface area contributed by atoms with Crippen LogP contribution in [0.25, 0.3) is 11.3 Å². The average Bonchev–Trinajstić information content (AvgIpc) is 3.26. The van der Waals surface area contributed by atoms with Crippen molar-refractivity contribution in [2.75, 3.05) is 11.9 Å². The number of rotatable bonds is 9. The van der Waals surface area contributed by atoms with E-state index >= 15 is 0 Å². The molecule has 2 amide bonds. The maximum atomic E-state index is 12.8. The molecule has 9 nitrogen and oxygen atoms in total. The molecule has 0 aliphatic heterocycles. The third kappa shape index (κ3) is 6.90. The molecule has 0 bridgehead atoms. The second-order valence-electron chi connectivity index (χ2n) is 7.08. The first-order valence-corrected chi connectivity index (χ1v) is 10.1. The lowest BCUT2D eigenvalue weighted by Crippen LogP contribution is -2.34. The molecule has 1 atom stereocenters. The molecule has 174 valence electrons. The predicted octanol–water partition coefficient (Wildman–Crippen LogP) is 3.07. The Labute approximate surface area is 198 Å². The molecule has 2 aromatic carbocycles. The van der Waals surface area contributed by atoms with Crippen molar-refractivity contribution < 1.29 is 14.3 Å². The van der Waals surface area contributed by atoms with Crippen LogP contribution < -0.4 is 16.4 Å². The van der Waals surface area contributed by atoms with Gasteiger partial charge in [-0.25, -0.2) is 4.68 Å². The summed E-state index contributed by atoms with van der Waals surface area (Å²) in [7, 11) is 0. The number of amidine groups is 1. The van der Waals surface area contributed by atoms with Crippen molar-refractivity contribution in [3.63, 3.8) is 0 Å². The highest BCUT2D eigenvalue weighted by Gasteiger charge is 2.22. The lowest BCUT2D eigenvalue weighted by molar-refractivity contribution is -0.139. The predicted molar refractivity (Wildman–Crippen MR) is 129 cm³/mol. The summed E-state index contributed by atoms with van der Waals surface area (Å²) in [6.45, 7) is 3.89. The summed E-state index contributed by atoms with van der Waals surface area (Å²) in [5.41, 5.74) is 9.08. The number of benzene rings is 2. The highest BCUT2D eigenvalue weighted by molar-refractivity contribution is 5.94. The van der Waals surface area contributed by atoms with E-state index in [1.807, 2.05) is 25.1 Å². The summed E-state index contributed by atoms with van der Waals surface area (Å²) in [5.74, 6) is -0.491. The Kier molecular flexibility index (Phi) is 9.14. The standard InChI is InChI=1S/C23H26N6O3.ClH/c1-3-32-23(22(31)26-14-16-7-9-17(10-8-16)21(24)25)29-12-11-20(28-29)18-5-4-6-19(13-18)27-15(2)30;/h4-13,23H,3,14H2,1-2H3,(H3,24,25)(H,26,31)(H,27,30);1H/t23-;/m0./s1. The summed E-state index contributed by atoms with van der Waals surface area (Å²) in [6.07, 6.45) is 0.755. The monoisotopic (exact) mass is 470 g/mol. The van der Waals surface area contributed by atoms with E-state index in [0.717, 1.165) is 11.1 Å². The third-order valence-corrected chi connectivity index (χ3v) is 4.61. The van der Waals surface area contributed by atoms with Gasteiger partial charge in [0.1, 0.15) is 5.84 Å². The molecule has 10 heteroatoms. The van der Waals surface area contributed by atoms with Crippen molar-refractivity contribution in [3.8, 4) is 11.3 Å². The van der Waals surface area contributed by atoms with Gasteiger partial charge in [-0.05, 0) is 30.7 Å². The van der Waals surface area contributed by atoms with Crippen LogP contribution in [0.2, 0.25) is 0 Å². The van der Waals surface area contributed by atoms with E-state index in [0.29, 0.717) is 30.1 Å². The molecule has 3 rings (SSSR count). The normalized spacial score (nSPS) is 11.2. The summed E-state index contributed by atoms with van der Waals surface area (Å²) in [4.78, 5) is 24.1. The van der Waals surface area contributed by atoms with Gasteiger partial charge in [-0.2, -0.15) is 5.10 Å². The Balaban J connectivity index is 0.00000385. The molecule has 3 aromatic rings. The van der Waals surface area contributed by atoms with Crippen LogP contribution in [0.5, 0.6) is 0 Å². The van der Waals surface area contributed by atoms with E-state index in [-0.39, 0.29) is 30.1 Å². The van der Waals surface area contributed by atoms with Crippen molar-refractivity contribution in [3.05, 3.63) is 71.9 Å². The first-order valence-electron chi connectivity index (χ1n) is 10.1. The number of halogens is 1. The molecule has 0 aliphatic rings. The Hall–Kier alpha value is -3.69. The van der Waals surface area contributed by atoms with Gasteiger partial charge in [-0.15, -0.1) is 12.4 Å². The van der Waals surface area contributed by atoms with Crippen LogP contribution in [-0.2, 0) is 20.9 Å². The van der Waals surface area contributed by atoms with Crippen LogP contribution in [-0.4, -0.2) is 34.0 Å². The average molecular weight is 471 g/mol. The van der Waals surface area contributed by atoms with Gasteiger partial charge in [0, 0.05) is 43.1 Å². The molecular weight excluding hydrogens is 444 g/mol. The maximum Gasteiger partial charge on any atom is 0.272 e. The molecule has 0 saturated heterocycles. The molecule has 0 saturated carbocycles. The minimum atomic E-state index is -0.927. The first-order chi connectivity index (χ1) is 15.4. The number of nitrogens with two attached hydrogens (primary N) is 1. The molecular formula is C23H27ClN6O3. The van der Waals surface area contributed by atoms with Crippen molar-refractivity contribution >= 4 is 35.7 Å². The van der Waals surface area contributed by atoms with E-state index < -0.39 is 6.23 Å². The maximum absolute atomic E-state index is 12.8. The van der Waals surface area contributed by atoms with Gasteiger partial charge in [0.25, 0.3) is 5.91 Å². The number of hydrogen-bond acceptors (Lipinski definition) is 5. The zero-order chi connectivity index (χ0) is 23.1. The minimum absolute atomic E-state index is 0. The van der Waals surface area contributed by atoms with Crippen LogP contribution >= 0.6 is 12.4 Å². The van der Waals surface area contributed by atoms with E-state index in [9.17, 15) is 9.59 Å². The van der Waals surface area contributed by atoms with Gasteiger partial charge in [0.05, 0.1) is 5.69 Å². The Bertz CT molecular complexity index is 1110. The van der Waals surface area contributed by atoms with Crippen molar-refractivity contribution in [2.45, 2.75) is 26.6 Å². The van der Waals surface area contributed by atoms with Crippen LogP contribution in [0.15, 0.2) is 60.8 Å². The highest BCUT2D eigenvalue weighted by Crippen LogP contribution is 2.22. The van der Waals surface area contributed by atoms with Crippen LogP contribution in [0.1, 0.15) is 31.2 Å². The molecule has 0 spiro atoms. The summed E-state index contributed by atoms with van der Waals surface area (Å²) in [6, 6.07) is 16.2. The number of anilines is 1. The molecule has 1 heterocycles. The number of hydrogen-bond donors (Lipinski definition) is 4. The summed E-state index contributed by atoms with van der Waals surface area (Å²) < 4.78 is 7.11. The van der Waals surface area contributed by atoms with Gasteiger partial charge < -0.3 is 21.1 Å². The number of carbonyl (C=O) groups is 2. The lowest BCUT2D eigenvalue weighted by atomic mass is 10.1. The molecule has 1 aromatic heterocycles. The Morgan fingerprint density at radius 1 is 1.18 bits per heavy atom. The number of carbonyl (C=O) groups excluding carboxylic acids is 2. The molecule has 5 N–H and O–H groups in total. The van der Waals surface area contributed by atoms with E-state index in [1.54, 1.807) is 42.6 Å². The van der Waals surface area contributed by atoms with Crippen molar-refractivity contribution in [2.24, 2.45) is 5.73 Å². The lowest BCUT2D eigenvalue weighted by Gasteiger charge is -2.17. The smallest absolute Gasteiger partial charge is 0.272 e. The number of nitrogens with zero attached hydrogens (tertiary/aromatic N) is 2. The summed E-state index contributed by atoms with van der Waals surface area (Å²) >= 11 is 0. The first kappa shape index (κ1) is 25.6. The summed E-state index contributed by atoms with van der Waals surface area (Å²) in [5, 5.41) is 17.5. The molecule has 0 unspecified atom stereocenters. The second kappa shape index (κ2) is 11.8. The Morgan fingerprint density at radius 3 is 2.55 bits per heavy atom. The van der Waals surface area contributed by atoms with Gasteiger partial charge in [0.2, 0.25) is 12.1 Å². The molecule has 33 heavy (non-hydrogen) atoms. The molecule has 0 radical (unpaired) electrons. The fourth-order valence-corrected chi connectivity index (χ4v) is 3.09. The number of aromatic nitrogens is 2. The van der Waals surface area contributed by atoms with E-state index in [1.165, 1.54) is 11.6 Å². The SMILES string of the molecule is CCO[C@@H](C(=O)NCc1ccc(C(=N)N)cc1)n1ccc(-c2cccc(NC(C)=O)c2)n1.Cl. The number of ether oxygens (including phenoxy) is 1. The van der Waals surface area contributed by atoms with Crippen LogP contribution in [0.3, 0.4) is 0 Å². The Morgan fingerprint density at radius 2 is 1.91 bits per heavy atom. The van der Waals surface area contributed by atoms with Crippen molar-refractivity contribution in [1.82, 2.24) is 15.1 Å². The second-order valence-corrected chi connectivity index (χ2v) is 7.08. The number of nitrogens with one attached hydrogen (secondary N) is 3. The quantitative estimate of drug-likeness (QED) is 0.281. The fraction of sp³-hybridized carbons (Fsp3) is 0.217. The fourth-order valence-electron chi connectivity index (χ4n) is 3.09. The van der Waals surface area contributed by atoms with Crippen LogP contribution in [0.4, 0.5) is 5.69 Å². The van der Waals surface area contributed by atoms with E-state index in [2.05, 4.69) is 15.7 Å². The topological polar surface area (TPSA) is 135 Å². The largest absolute Gasteiger partial charge is 0.384 e. The zero-order valence-corrected chi connectivity index (χ0v) is 19.2.